The average molecular weight is 647 g/mol. The highest BCUT2D eigenvalue weighted by molar-refractivity contribution is 8.33. The molecule has 0 heterocycles. The second-order valence-corrected chi connectivity index (χ2v) is 15.0. The molecule has 0 aromatic heterocycles. The van der Waals surface area contributed by atoms with Crippen LogP contribution in [0.1, 0.15) is 0 Å². The minimum absolute atomic E-state index is 0.664. The third kappa shape index (κ3) is 6.04. The first-order valence-electron chi connectivity index (χ1n) is 15.7. The zero-order valence-electron chi connectivity index (χ0n) is 26.2. The van der Waals surface area contributed by atoms with Gasteiger partial charge in [-0.05, 0) is 101 Å². The van der Waals surface area contributed by atoms with Gasteiger partial charge in [0.25, 0.3) is 0 Å². The highest BCUT2D eigenvalue weighted by Gasteiger charge is 2.31. The normalized spacial score (nSPS) is 11.5. The maximum absolute atomic E-state index is 7.74. The zero-order chi connectivity index (χ0) is 32.1. The summed E-state index contributed by atoms with van der Waals surface area (Å²) in [6.07, 6.45) is 2.40. The van der Waals surface area contributed by atoms with E-state index in [0.29, 0.717) is 5.02 Å². The summed E-state index contributed by atoms with van der Waals surface area (Å²) < 4.78 is 0. The summed E-state index contributed by atoms with van der Waals surface area (Å²) in [6.45, 7) is 0. The van der Waals surface area contributed by atoms with Crippen molar-refractivity contribution in [3.05, 3.63) is 199 Å². The molecule has 0 aliphatic heterocycles. The zero-order valence-corrected chi connectivity index (χ0v) is 27.7. The molecular formula is C43H35ClN2S. The van der Waals surface area contributed by atoms with E-state index >= 15 is 0 Å². The first-order valence-corrected chi connectivity index (χ1v) is 18.1. The van der Waals surface area contributed by atoms with Crippen molar-refractivity contribution in [3.8, 4) is 0 Å². The molecule has 0 N–H and O–H groups in total. The topological polar surface area (TPSA) is 6.48 Å². The van der Waals surface area contributed by atoms with Gasteiger partial charge in [0.15, 0.2) is 0 Å². The molecule has 0 fully saturated rings. The summed E-state index contributed by atoms with van der Waals surface area (Å²) in [6, 6.07) is 68.4. The van der Waals surface area contributed by atoms with Crippen LogP contribution in [-0.2, 0) is 0 Å². The first kappa shape index (κ1) is 30.4. The van der Waals surface area contributed by atoms with Crippen LogP contribution in [-0.4, -0.2) is 6.26 Å². The van der Waals surface area contributed by atoms with Crippen LogP contribution in [0.2, 0.25) is 5.02 Å². The Bertz CT molecular complexity index is 1820. The number of nitrogens with zero attached hydrogens (tertiary/aromatic N) is 2. The summed E-state index contributed by atoms with van der Waals surface area (Å²) in [7, 11) is -1.74. The summed E-state index contributed by atoms with van der Waals surface area (Å²) in [5, 5.41) is 0.664. The Labute approximate surface area is 284 Å². The molecule has 0 saturated heterocycles. The molecule has 0 atom stereocenters. The van der Waals surface area contributed by atoms with Gasteiger partial charge in [0.2, 0.25) is 0 Å². The summed E-state index contributed by atoms with van der Waals surface area (Å²) in [5.74, 6) is 0. The van der Waals surface area contributed by atoms with Crippen LogP contribution in [0.4, 0.5) is 34.1 Å². The lowest BCUT2D eigenvalue weighted by Gasteiger charge is -2.40. The fourth-order valence-corrected chi connectivity index (χ4v) is 9.28. The monoisotopic (exact) mass is 646 g/mol. The molecule has 47 heavy (non-hydrogen) atoms. The fraction of sp³-hybridized carbons (Fsp3) is 0.0233. The molecule has 0 aliphatic rings. The van der Waals surface area contributed by atoms with Gasteiger partial charge in [-0.2, -0.15) is 10.0 Å². The van der Waals surface area contributed by atoms with E-state index in [4.69, 9.17) is 11.6 Å². The molecule has 0 bridgehead atoms. The third-order valence-corrected chi connectivity index (χ3v) is 12.4. The summed E-state index contributed by atoms with van der Waals surface area (Å²) >= 11 is 7.74. The number of hydrogen-bond acceptors (Lipinski definition) is 2. The SMILES string of the molecule is CS(c1ccccc1)(c1ccccc1)c1cc(N(c2ccccc2)c2ccccc2)c(Cl)c(N(c2ccccc2)c2ccccc2)c1. The quantitative estimate of drug-likeness (QED) is 0.154. The molecule has 0 aliphatic carbocycles. The molecule has 0 amide bonds. The van der Waals surface area contributed by atoms with Crippen molar-refractivity contribution in [2.24, 2.45) is 0 Å². The van der Waals surface area contributed by atoms with Crippen LogP contribution < -0.4 is 9.80 Å². The Balaban J connectivity index is 1.59. The van der Waals surface area contributed by atoms with E-state index in [1.165, 1.54) is 14.7 Å². The molecular weight excluding hydrogens is 612 g/mol. The smallest absolute Gasteiger partial charge is 0.0887 e. The molecule has 7 aromatic carbocycles. The van der Waals surface area contributed by atoms with Gasteiger partial charge in [-0.15, -0.1) is 0 Å². The minimum Gasteiger partial charge on any atom is -0.309 e. The predicted molar refractivity (Wildman–Crippen MR) is 202 cm³/mol. The molecule has 0 spiro atoms. The Morgan fingerprint density at radius 1 is 0.362 bits per heavy atom. The molecule has 7 aromatic rings. The molecule has 2 nitrogen and oxygen atoms in total. The van der Waals surface area contributed by atoms with Crippen LogP contribution in [0.5, 0.6) is 0 Å². The molecule has 0 unspecified atom stereocenters. The summed E-state index contributed by atoms with van der Waals surface area (Å²) in [5.41, 5.74) is 5.96. The van der Waals surface area contributed by atoms with E-state index < -0.39 is 10.0 Å². The van der Waals surface area contributed by atoms with E-state index in [1.54, 1.807) is 0 Å². The number of hydrogen-bond donors (Lipinski definition) is 0. The van der Waals surface area contributed by atoms with Gasteiger partial charge in [-0.1, -0.05) is 121 Å². The number of para-hydroxylation sites is 4. The number of halogens is 1. The van der Waals surface area contributed by atoms with Crippen LogP contribution in [0, 0.1) is 0 Å². The lowest BCUT2D eigenvalue weighted by Crippen LogP contribution is -2.16. The third-order valence-electron chi connectivity index (χ3n) is 8.45. The van der Waals surface area contributed by atoms with Gasteiger partial charge in [0, 0.05) is 27.6 Å². The van der Waals surface area contributed by atoms with Gasteiger partial charge < -0.3 is 9.80 Å². The maximum atomic E-state index is 7.74. The van der Waals surface area contributed by atoms with Crippen molar-refractivity contribution in [2.45, 2.75) is 14.7 Å². The number of rotatable bonds is 9. The second-order valence-electron chi connectivity index (χ2n) is 11.3. The highest BCUT2D eigenvalue weighted by atomic mass is 35.5. The van der Waals surface area contributed by atoms with Crippen molar-refractivity contribution >= 4 is 55.8 Å². The van der Waals surface area contributed by atoms with Gasteiger partial charge in [-0.3, -0.25) is 0 Å². The number of benzene rings is 7. The molecule has 7 rings (SSSR count). The average Bonchev–Trinajstić information content (AvgIpc) is 3.15. The Kier molecular flexibility index (Phi) is 8.83. The predicted octanol–water partition coefficient (Wildman–Crippen LogP) is 13.2. The van der Waals surface area contributed by atoms with Gasteiger partial charge in [0.05, 0.1) is 16.4 Å². The highest BCUT2D eigenvalue weighted by Crippen LogP contribution is 2.67. The lowest BCUT2D eigenvalue weighted by atomic mass is 10.1. The number of anilines is 6. The largest absolute Gasteiger partial charge is 0.309 e. The van der Waals surface area contributed by atoms with Gasteiger partial charge in [-0.25, -0.2) is 0 Å². The van der Waals surface area contributed by atoms with E-state index in [-0.39, 0.29) is 0 Å². The van der Waals surface area contributed by atoms with Crippen LogP contribution in [0.25, 0.3) is 0 Å². The van der Waals surface area contributed by atoms with Crippen molar-refractivity contribution in [1.29, 1.82) is 0 Å². The minimum atomic E-state index is -1.74. The lowest BCUT2D eigenvalue weighted by molar-refractivity contribution is 1.21. The van der Waals surface area contributed by atoms with Gasteiger partial charge in [0.1, 0.15) is 0 Å². The molecule has 4 heteroatoms. The summed E-state index contributed by atoms with van der Waals surface area (Å²) in [4.78, 5) is 8.32. The standard InChI is InChI=1S/C43H35ClN2S/c1-47(38-28-16-6-17-29-38,39-30-18-7-19-31-39)40-32-41(45(34-20-8-2-9-21-34)35-22-10-3-11-23-35)43(44)42(33-40)46(36-24-12-4-13-25-36)37-26-14-5-15-27-37/h2-33H,1H3. The maximum Gasteiger partial charge on any atom is 0.0887 e. The molecule has 230 valence electrons. The Morgan fingerprint density at radius 2 is 0.617 bits per heavy atom. The van der Waals surface area contributed by atoms with E-state index in [9.17, 15) is 0 Å². The second kappa shape index (κ2) is 13.6. The molecule has 0 radical (unpaired) electrons. The van der Waals surface area contributed by atoms with Crippen molar-refractivity contribution in [2.75, 3.05) is 16.1 Å². The first-order chi connectivity index (χ1) is 23.1. The van der Waals surface area contributed by atoms with Crippen LogP contribution in [0.15, 0.2) is 209 Å². The van der Waals surface area contributed by atoms with Gasteiger partial charge >= 0.3 is 0 Å². The Morgan fingerprint density at radius 3 is 0.894 bits per heavy atom. The van der Waals surface area contributed by atoms with Crippen molar-refractivity contribution < 1.29 is 0 Å². The van der Waals surface area contributed by atoms with E-state index in [1.807, 2.05) is 0 Å². The Hall–Kier alpha value is -5.22. The van der Waals surface area contributed by atoms with E-state index in [0.717, 1.165) is 34.1 Å². The van der Waals surface area contributed by atoms with Crippen LogP contribution in [0.3, 0.4) is 0 Å². The molecule has 0 saturated carbocycles. The fourth-order valence-electron chi connectivity index (χ4n) is 6.09. The van der Waals surface area contributed by atoms with Crippen LogP contribution >= 0.6 is 21.6 Å². The van der Waals surface area contributed by atoms with E-state index in [2.05, 4.69) is 210 Å². The van der Waals surface area contributed by atoms with Crippen molar-refractivity contribution in [1.82, 2.24) is 0 Å². The van der Waals surface area contributed by atoms with Crippen molar-refractivity contribution in [3.63, 3.8) is 0 Å².